The molecule has 2 rings (SSSR count). The van der Waals surface area contributed by atoms with E-state index in [4.69, 9.17) is 14.2 Å². The van der Waals surface area contributed by atoms with Gasteiger partial charge in [-0.3, -0.25) is 0 Å². The molecule has 2 aromatic carbocycles. The molecular formula is C20H27NO4. The van der Waals surface area contributed by atoms with E-state index < -0.39 is 6.09 Å². The summed E-state index contributed by atoms with van der Waals surface area (Å²) < 4.78 is 17.3. The molecule has 0 bridgehead atoms. The molecule has 2 aromatic rings. The van der Waals surface area contributed by atoms with Crippen molar-refractivity contribution in [1.29, 1.82) is 0 Å². The molecule has 0 aliphatic carbocycles. The van der Waals surface area contributed by atoms with Crippen LogP contribution in [0.2, 0.25) is 0 Å². The van der Waals surface area contributed by atoms with Gasteiger partial charge in [-0.15, -0.1) is 0 Å². The molecule has 5 nitrogen and oxygen atoms in total. The molecule has 136 valence electrons. The molecule has 0 heterocycles. The number of rotatable bonds is 9. The summed E-state index contributed by atoms with van der Waals surface area (Å²) in [6.07, 6.45) is 2.14. The predicted octanol–water partition coefficient (Wildman–Crippen LogP) is 4.92. The van der Waals surface area contributed by atoms with Crippen LogP contribution in [-0.2, 0) is 0 Å². The van der Waals surface area contributed by atoms with Crippen LogP contribution in [0.4, 0.5) is 4.79 Å². The Bertz CT molecular complexity index is 699. The van der Waals surface area contributed by atoms with Gasteiger partial charge in [0.2, 0.25) is 0 Å². The van der Waals surface area contributed by atoms with Crippen molar-refractivity contribution in [3.05, 3.63) is 30.3 Å². The maximum Gasteiger partial charge on any atom is 0.412 e. The molecule has 25 heavy (non-hydrogen) atoms. The van der Waals surface area contributed by atoms with Crippen LogP contribution in [0.15, 0.2) is 30.3 Å². The summed E-state index contributed by atoms with van der Waals surface area (Å²) in [6, 6.07) is 9.53. The lowest BCUT2D eigenvalue weighted by Gasteiger charge is -2.17. The number of ether oxygens (including phenoxy) is 3. The first-order chi connectivity index (χ1) is 12.2. The van der Waals surface area contributed by atoms with Gasteiger partial charge in [-0.2, -0.15) is 0 Å². The number of carbonyl (C=O) groups excluding carboxylic acids is 1. The summed E-state index contributed by atoms with van der Waals surface area (Å²) in [7, 11) is 0. The Morgan fingerprint density at radius 1 is 0.920 bits per heavy atom. The van der Waals surface area contributed by atoms with Crippen molar-refractivity contribution in [3.8, 4) is 17.2 Å². The molecule has 0 aliphatic heterocycles. The van der Waals surface area contributed by atoms with Crippen molar-refractivity contribution in [1.82, 2.24) is 5.32 Å². The van der Waals surface area contributed by atoms with Gasteiger partial charge in [-0.25, -0.2) is 4.79 Å². The fourth-order valence-electron chi connectivity index (χ4n) is 2.40. The molecule has 0 unspecified atom stereocenters. The molecule has 0 saturated heterocycles. The first kappa shape index (κ1) is 18.9. The van der Waals surface area contributed by atoms with Crippen LogP contribution in [0.1, 0.15) is 40.0 Å². The highest BCUT2D eigenvalue weighted by Crippen LogP contribution is 2.41. The van der Waals surface area contributed by atoms with Gasteiger partial charge < -0.3 is 19.5 Å². The molecular weight excluding hydrogens is 318 g/mol. The lowest BCUT2D eigenvalue weighted by Crippen LogP contribution is -2.27. The van der Waals surface area contributed by atoms with E-state index in [0.29, 0.717) is 31.3 Å². The Labute approximate surface area is 149 Å². The van der Waals surface area contributed by atoms with Crippen molar-refractivity contribution in [2.75, 3.05) is 19.8 Å². The maximum atomic E-state index is 12.1. The van der Waals surface area contributed by atoms with Crippen molar-refractivity contribution in [2.24, 2.45) is 0 Å². The van der Waals surface area contributed by atoms with Crippen LogP contribution in [0.25, 0.3) is 10.8 Å². The third-order valence-corrected chi connectivity index (χ3v) is 3.56. The SMILES string of the molecule is CCCNC(=O)Oc1c(OCCC)cc(OCCC)c2ccccc12. The molecule has 0 aromatic heterocycles. The van der Waals surface area contributed by atoms with Crippen molar-refractivity contribution in [2.45, 2.75) is 40.0 Å². The van der Waals surface area contributed by atoms with E-state index in [1.807, 2.05) is 44.2 Å². The average molecular weight is 345 g/mol. The minimum absolute atomic E-state index is 0.432. The second kappa shape index (κ2) is 9.77. The summed E-state index contributed by atoms with van der Waals surface area (Å²) in [6.45, 7) is 7.81. The molecule has 5 heteroatoms. The third kappa shape index (κ3) is 5.02. The van der Waals surface area contributed by atoms with Gasteiger partial charge in [0.25, 0.3) is 0 Å². The van der Waals surface area contributed by atoms with E-state index in [2.05, 4.69) is 12.2 Å². The zero-order valence-electron chi connectivity index (χ0n) is 15.3. The number of hydrogen-bond acceptors (Lipinski definition) is 4. The second-order valence-electron chi connectivity index (χ2n) is 5.76. The normalized spacial score (nSPS) is 10.5. The van der Waals surface area contributed by atoms with Gasteiger partial charge in [0.15, 0.2) is 11.5 Å². The van der Waals surface area contributed by atoms with Crippen LogP contribution in [0, 0.1) is 0 Å². The Balaban J connectivity index is 2.46. The number of nitrogens with one attached hydrogen (secondary N) is 1. The standard InChI is InChI=1S/C20H27NO4/c1-4-11-21-20(22)25-19-16-10-8-7-9-15(16)17(23-12-5-2)14-18(19)24-13-6-3/h7-10,14H,4-6,11-13H2,1-3H3,(H,21,22). The molecule has 0 spiro atoms. The molecule has 1 amide bonds. The summed E-state index contributed by atoms with van der Waals surface area (Å²) in [5.41, 5.74) is 0. The Hall–Kier alpha value is -2.43. The minimum atomic E-state index is -0.476. The molecule has 0 aliphatic rings. The van der Waals surface area contributed by atoms with Gasteiger partial charge in [-0.05, 0) is 19.3 Å². The highest BCUT2D eigenvalue weighted by atomic mass is 16.6. The Morgan fingerprint density at radius 2 is 1.56 bits per heavy atom. The predicted molar refractivity (Wildman–Crippen MR) is 99.8 cm³/mol. The summed E-state index contributed by atoms with van der Waals surface area (Å²) in [5.74, 6) is 1.70. The Kier molecular flexibility index (Phi) is 7.38. The summed E-state index contributed by atoms with van der Waals surface area (Å²) in [5, 5.41) is 4.43. The van der Waals surface area contributed by atoms with Gasteiger partial charge in [0.05, 0.1) is 13.2 Å². The zero-order chi connectivity index (χ0) is 18.1. The highest BCUT2D eigenvalue weighted by Gasteiger charge is 2.18. The largest absolute Gasteiger partial charge is 0.493 e. The fraction of sp³-hybridized carbons (Fsp3) is 0.450. The average Bonchev–Trinajstić information content (AvgIpc) is 2.64. The van der Waals surface area contributed by atoms with Crippen LogP contribution in [0.3, 0.4) is 0 Å². The molecule has 0 radical (unpaired) electrons. The van der Waals surface area contributed by atoms with E-state index >= 15 is 0 Å². The first-order valence-corrected chi connectivity index (χ1v) is 8.98. The second-order valence-corrected chi connectivity index (χ2v) is 5.76. The highest BCUT2D eigenvalue weighted by molar-refractivity contribution is 5.97. The quantitative estimate of drug-likeness (QED) is 0.701. The van der Waals surface area contributed by atoms with Crippen molar-refractivity contribution >= 4 is 16.9 Å². The van der Waals surface area contributed by atoms with Gasteiger partial charge in [-0.1, -0.05) is 45.0 Å². The minimum Gasteiger partial charge on any atom is -0.493 e. The van der Waals surface area contributed by atoms with E-state index in [9.17, 15) is 4.79 Å². The topological polar surface area (TPSA) is 56.8 Å². The lowest BCUT2D eigenvalue weighted by molar-refractivity contribution is 0.197. The van der Waals surface area contributed by atoms with E-state index in [0.717, 1.165) is 35.8 Å². The first-order valence-electron chi connectivity index (χ1n) is 8.98. The molecule has 1 N–H and O–H groups in total. The number of fused-ring (bicyclic) bond motifs is 1. The summed E-state index contributed by atoms with van der Waals surface area (Å²) >= 11 is 0. The zero-order valence-corrected chi connectivity index (χ0v) is 15.3. The van der Waals surface area contributed by atoms with E-state index in [1.165, 1.54) is 0 Å². The molecule has 0 fully saturated rings. The fourth-order valence-corrected chi connectivity index (χ4v) is 2.40. The smallest absolute Gasteiger partial charge is 0.412 e. The van der Waals surface area contributed by atoms with Crippen molar-refractivity contribution in [3.63, 3.8) is 0 Å². The molecule has 0 atom stereocenters. The monoisotopic (exact) mass is 345 g/mol. The van der Waals surface area contributed by atoms with Gasteiger partial charge >= 0.3 is 6.09 Å². The van der Waals surface area contributed by atoms with Crippen LogP contribution >= 0.6 is 0 Å². The third-order valence-electron chi connectivity index (χ3n) is 3.56. The van der Waals surface area contributed by atoms with Gasteiger partial charge in [0.1, 0.15) is 5.75 Å². The van der Waals surface area contributed by atoms with E-state index in [-0.39, 0.29) is 0 Å². The number of carbonyl (C=O) groups is 1. The van der Waals surface area contributed by atoms with E-state index in [1.54, 1.807) is 0 Å². The lowest BCUT2D eigenvalue weighted by atomic mass is 10.1. The van der Waals surface area contributed by atoms with Crippen LogP contribution in [0.5, 0.6) is 17.2 Å². The number of benzene rings is 2. The van der Waals surface area contributed by atoms with Gasteiger partial charge in [0, 0.05) is 23.4 Å². The summed E-state index contributed by atoms with van der Waals surface area (Å²) in [4.78, 5) is 12.1. The number of hydrogen-bond donors (Lipinski definition) is 1. The molecule has 0 saturated carbocycles. The van der Waals surface area contributed by atoms with Crippen LogP contribution in [-0.4, -0.2) is 25.9 Å². The van der Waals surface area contributed by atoms with Crippen molar-refractivity contribution < 1.29 is 19.0 Å². The Morgan fingerprint density at radius 3 is 2.20 bits per heavy atom. The number of amides is 1. The maximum absolute atomic E-state index is 12.1. The van der Waals surface area contributed by atoms with Crippen LogP contribution < -0.4 is 19.5 Å².